The molecule has 0 radical (unpaired) electrons. The summed E-state index contributed by atoms with van der Waals surface area (Å²) in [4.78, 5) is 0. The van der Waals surface area contributed by atoms with Gasteiger partial charge in [0.25, 0.3) is 0 Å². The Morgan fingerprint density at radius 3 is 2.70 bits per heavy atom. The molecule has 1 aromatic rings. The highest BCUT2D eigenvalue weighted by atomic mass is 32.2. The van der Waals surface area contributed by atoms with Gasteiger partial charge >= 0.3 is 0 Å². The molecule has 0 fully saturated rings. The summed E-state index contributed by atoms with van der Waals surface area (Å²) in [7, 11) is 0. The van der Waals surface area contributed by atoms with Crippen molar-refractivity contribution in [2.45, 2.75) is 38.0 Å². The summed E-state index contributed by atoms with van der Waals surface area (Å²) < 4.78 is 11.4. The Balaban J connectivity index is 1.93. The Morgan fingerprint density at radius 1 is 1.20 bits per heavy atom. The van der Waals surface area contributed by atoms with Crippen LogP contribution >= 0.6 is 11.8 Å². The van der Waals surface area contributed by atoms with Crippen LogP contribution in [0.3, 0.4) is 0 Å². The molecule has 112 valence electrons. The van der Waals surface area contributed by atoms with Crippen molar-refractivity contribution in [2.24, 2.45) is 0 Å². The minimum atomic E-state index is 0.334. The van der Waals surface area contributed by atoms with Crippen molar-refractivity contribution in [3.05, 3.63) is 23.8 Å². The first-order valence-corrected chi connectivity index (χ1v) is 8.65. The minimum absolute atomic E-state index is 0.334. The largest absolute Gasteiger partial charge is 0.490 e. The van der Waals surface area contributed by atoms with E-state index in [1.54, 1.807) is 0 Å². The van der Waals surface area contributed by atoms with Crippen molar-refractivity contribution in [2.75, 3.05) is 26.0 Å². The Morgan fingerprint density at radius 2 is 1.95 bits per heavy atom. The van der Waals surface area contributed by atoms with E-state index in [1.807, 2.05) is 17.8 Å². The fourth-order valence-corrected chi connectivity index (χ4v) is 2.54. The van der Waals surface area contributed by atoms with Crippen LogP contribution in [-0.2, 0) is 0 Å². The van der Waals surface area contributed by atoms with Crippen LogP contribution in [0.4, 0.5) is 0 Å². The van der Waals surface area contributed by atoms with Gasteiger partial charge in [-0.05, 0) is 43.8 Å². The van der Waals surface area contributed by atoms with Crippen molar-refractivity contribution >= 4 is 11.8 Å². The van der Waals surface area contributed by atoms with Crippen LogP contribution in [-0.4, -0.2) is 31.3 Å². The van der Waals surface area contributed by atoms with Gasteiger partial charge in [0, 0.05) is 17.7 Å². The standard InChI is InChI=1S/C16H25NO2S/c1-12(20-3)7-8-17-13(2)14-5-6-15-16(11-14)19-10-4-9-18-15/h5-6,11-13,17H,4,7-10H2,1-3H3. The van der Waals surface area contributed by atoms with Crippen LogP contribution in [0.25, 0.3) is 0 Å². The number of rotatable bonds is 6. The van der Waals surface area contributed by atoms with E-state index in [2.05, 4.69) is 37.6 Å². The fourth-order valence-electron chi connectivity index (χ4n) is 2.19. The summed E-state index contributed by atoms with van der Waals surface area (Å²) in [5, 5.41) is 4.28. The second-order valence-electron chi connectivity index (χ2n) is 5.27. The van der Waals surface area contributed by atoms with Gasteiger partial charge in [-0.3, -0.25) is 0 Å². The SMILES string of the molecule is CSC(C)CCNC(C)c1ccc2c(c1)OCCCO2. The molecule has 0 saturated carbocycles. The molecular weight excluding hydrogens is 270 g/mol. The maximum atomic E-state index is 5.74. The average molecular weight is 295 g/mol. The average Bonchev–Trinajstić information content (AvgIpc) is 2.71. The zero-order valence-electron chi connectivity index (χ0n) is 12.6. The van der Waals surface area contributed by atoms with Crippen molar-refractivity contribution in [1.29, 1.82) is 0 Å². The van der Waals surface area contributed by atoms with E-state index in [-0.39, 0.29) is 0 Å². The van der Waals surface area contributed by atoms with E-state index >= 15 is 0 Å². The third-order valence-corrected chi connectivity index (χ3v) is 4.72. The molecule has 0 aromatic heterocycles. The molecule has 0 saturated heterocycles. The first-order valence-electron chi connectivity index (χ1n) is 7.36. The number of ether oxygens (including phenoxy) is 2. The van der Waals surface area contributed by atoms with Gasteiger partial charge in [0.1, 0.15) is 0 Å². The van der Waals surface area contributed by atoms with Crippen molar-refractivity contribution in [3.8, 4) is 11.5 Å². The van der Waals surface area contributed by atoms with Crippen LogP contribution in [0.1, 0.15) is 38.3 Å². The quantitative estimate of drug-likeness (QED) is 0.868. The Bertz CT molecular complexity index is 425. The first kappa shape index (κ1) is 15.5. The third-order valence-electron chi connectivity index (χ3n) is 3.68. The molecule has 4 heteroatoms. The van der Waals surface area contributed by atoms with Crippen LogP contribution in [0.15, 0.2) is 18.2 Å². The zero-order chi connectivity index (χ0) is 14.4. The molecule has 2 atom stereocenters. The Hall–Kier alpha value is -0.870. The number of thioether (sulfide) groups is 1. The van der Waals surface area contributed by atoms with Crippen molar-refractivity contribution in [3.63, 3.8) is 0 Å². The highest BCUT2D eigenvalue weighted by Crippen LogP contribution is 2.32. The van der Waals surface area contributed by atoms with Crippen LogP contribution in [0.2, 0.25) is 0 Å². The van der Waals surface area contributed by atoms with Crippen molar-refractivity contribution in [1.82, 2.24) is 5.32 Å². The lowest BCUT2D eigenvalue weighted by Crippen LogP contribution is -2.21. The number of fused-ring (bicyclic) bond motifs is 1. The Kier molecular flexibility index (Phi) is 6.05. The van der Waals surface area contributed by atoms with E-state index in [9.17, 15) is 0 Å². The van der Waals surface area contributed by atoms with E-state index in [1.165, 1.54) is 12.0 Å². The van der Waals surface area contributed by atoms with Gasteiger partial charge in [0.05, 0.1) is 13.2 Å². The predicted molar refractivity (Wildman–Crippen MR) is 86.1 cm³/mol. The van der Waals surface area contributed by atoms with Crippen LogP contribution in [0.5, 0.6) is 11.5 Å². The van der Waals surface area contributed by atoms with E-state index < -0.39 is 0 Å². The molecule has 0 amide bonds. The molecule has 2 unspecified atom stereocenters. The van der Waals surface area contributed by atoms with Gasteiger partial charge in [0.15, 0.2) is 11.5 Å². The summed E-state index contributed by atoms with van der Waals surface area (Å²) in [5.41, 5.74) is 1.26. The third kappa shape index (κ3) is 4.32. The number of benzene rings is 1. The predicted octanol–water partition coefficient (Wildman–Crippen LogP) is 3.64. The van der Waals surface area contributed by atoms with E-state index in [4.69, 9.17) is 9.47 Å². The highest BCUT2D eigenvalue weighted by molar-refractivity contribution is 7.99. The summed E-state index contributed by atoms with van der Waals surface area (Å²) in [6.07, 6.45) is 4.30. The molecule has 0 bridgehead atoms. The van der Waals surface area contributed by atoms with Gasteiger partial charge in [-0.2, -0.15) is 11.8 Å². The molecule has 1 heterocycles. The summed E-state index contributed by atoms with van der Waals surface area (Å²) in [5.74, 6) is 1.75. The maximum absolute atomic E-state index is 5.74. The van der Waals surface area contributed by atoms with Gasteiger partial charge in [-0.25, -0.2) is 0 Å². The monoisotopic (exact) mass is 295 g/mol. The Labute approximate surface area is 126 Å². The van der Waals surface area contributed by atoms with Gasteiger partial charge in [0.2, 0.25) is 0 Å². The summed E-state index contributed by atoms with van der Waals surface area (Å²) >= 11 is 1.92. The lowest BCUT2D eigenvalue weighted by molar-refractivity contribution is 0.297. The first-order chi connectivity index (χ1) is 9.70. The van der Waals surface area contributed by atoms with Crippen LogP contribution < -0.4 is 14.8 Å². The lowest BCUT2D eigenvalue weighted by atomic mass is 10.1. The maximum Gasteiger partial charge on any atom is 0.161 e. The molecule has 20 heavy (non-hydrogen) atoms. The molecular formula is C16H25NO2S. The number of hydrogen-bond donors (Lipinski definition) is 1. The molecule has 1 aliphatic rings. The van der Waals surface area contributed by atoms with Gasteiger partial charge in [-0.15, -0.1) is 0 Å². The molecule has 3 nitrogen and oxygen atoms in total. The normalized spacial score (nSPS) is 17.4. The molecule has 2 rings (SSSR count). The van der Waals surface area contributed by atoms with Crippen LogP contribution in [0, 0.1) is 0 Å². The molecule has 1 aliphatic heterocycles. The topological polar surface area (TPSA) is 30.5 Å². The lowest BCUT2D eigenvalue weighted by Gasteiger charge is -2.17. The molecule has 1 aromatic carbocycles. The molecule has 0 aliphatic carbocycles. The van der Waals surface area contributed by atoms with Crippen molar-refractivity contribution < 1.29 is 9.47 Å². The molecule has 0 spiro atoms. The minimum Gasteiger partial charge on any atom is -0.490 e. The number of hydrogen-bond acceptors (Lipinski definition) is 4. The van der Waals surface area contributed by atoms with Gasteiger partial charge in [-0.1, -0.05) is 13.0 Å². The summed E-state index contributed by atoms with van der Waals surface area (Å²) in [6.45, 7) is 6.99. The zero-order valence-corrected chi connectivity index (χ0v) is 13.5. The summed E-state index contributed by atoms with van der Waals surface area (Å²) in [6, 6.07) is 6.60. The molecule has 1 N–H and O–H groups in total. The second-order valence-corrected chi connectivity index (χ2v) is 6.54. The highest BCUT2D eigenvalue weighted by Gasteiger charge is 2.13. The second kappa shape index (κ2) is 7.79. The fraction of sp³-hybridized carbons (Fsp3) is 0.625. The smallest absolute Gasteiger partial charge is 0.161 e. The van der Waals surface area contributed by atoms with E-state index in [0.717, 1.165) is 37.7 Å². The number of nitrogens with one attached hydrogen (secondary N) is 1. The van der Waals surface area contributed by atoms with Gasteiger partial charge < -0.3 is 14.8 Å². The van der Waals surface area contributed by atoms with E-state index in [0.29, 0.717) is 11.3 Å².